The first kappa shape index (κ1) is 29.7. The number of hydroxylamine groups is 1. The van der Waals surface area contributed by atoms with Crippen LogP contribution in [0.25, 0.3) is 0 Å². The van der Waals surface area contributed by atoms with Gasteiger partial charge in [0.05, 0.1) is 6.54 Å². The van der Waals surface area contributed by atoms with Crippen LogP contribution in [-0.4, -0.2) is 53.6 Å². The molecule has 0 spiro atoms. The Morgan fingerprint density at radius 1 is 0.974 bits per heavy atom. The highest BCUT2D eigenvalue weighted by atomic mass is 16.5. The Morgan fingerprint density at radius 3 is 2.21 bits per heavy atom. The van der Waals surface area contributed by atoms with Crippen molar-refractivity contribution in [3.05, 3.63) is 95.3 Å². The number of carbonyl (C=O) groups excluding carboxylic acids is 3. The van der Waals surface area contributed by atoms with Gasteiger partial charge in [0.15, 0.2) is 0 Å². The molecule has 0 aliphatic rings. The van der Waals surface area contributed by atoms with Crippen LogP contribution in [0, 0.1) is 11.8 Å². The molecule has 1 heterocycles. The summed E-state index contributed by atoms with van der Waals surface area (Å²) in [6.45, 7) is 0.722. The van der Waals surface area contributed by atoms with Crippen LogP contribution in [-0.2, 0) is 16.0 Å². The van der Waals surface area contributed by atoms with E-state index < -0.39 is 17.9 Å². The van der Waals surface area contributed by atoms with Crippen LogP contribution in [0.3, 0.4) is 0 Å². The smallest absolute Gasteiger partial charge is 0.267 e. The van der Waals surface area contributed by atoms with E-state index in [1.165, 1.54) is 5.48 Å². The van der Waals surface area contributed by atoms with Gasteiger partial charge < -0.3 is 21.7 Å². The standard InChI is InChI=1S/C27H28N6O4.CH4/c28-16-24(27(36)33-37)32-26(35)22-9-5-19(6-10-22)3-4-20-7-11-23(12-8-20)31-25(34)18-30-15-13-21-2-1-14-29-17-21;/h1-2,5-12,14,17,24,30,37H,13,15-16,18,28H2,(H,31,34)(H,32,35)(H,33,36);1H4/t24-;/m0./s1. The number of nitrogens with two attached hydrogens (primary N) is 1. The fraction of sp³-hybridized carbons (Fsp3) is 0.214. The zero-order valence-electron chi connectivity index (χ0n) is 20.0. The number of hydrogen-bond acceptors (Lipinski definition) is 7. The predicted octanol–water partition coefficient (Wildman–Crippen LogP) is 1.45. The molecule has 198 valence electrons. The lowest BCUT2D eigenvalue weighted by molar-refractivity contribution is -0.130. The van der Waals surface area contributed by atoms with Gasteiger partial charge in [0.1, 0.15) is 6.04 Å². The Labute approximate surface area is 222 Å². The molecule has 38 heavy (non-hydrogen) atoms. The van der Waals surface area contributed by atoms with E-state index in [9.17, 15) is 14.4 Å². The molecule has 0 saturated carbocycles. The Morgan fingerprint density at radius 2 is 1.63 bits per heavy atom. The van der Waals surface area contributed by atoms with Crippen molar-refractivity contribution in [1.82, 2.24) is 21.1 Å². The van der Waals surface area contributed by atoms with E-state index in [2.05, 4.69) is 32.8 Å². The molecule has 3 rings (SSSR count). The van der Waals surface area contributed by atoms with E-state index in [1.807, 2.05) is 18.3 Å². The minimum absolute atomic E-state index is 0. The summed E-state index contributed by atoms with van der Waals surface area (Å²) in [5, 5.41) is 17.1. The minimum atomic E-state index is -1.04. The Hall–Kier alpha value is -4.56. The van der Waals surface area contributed by atoms with Crippen molar-refractivity contribution >= 4 is 23.4 Å². The molecule has 7 N–H and O–H groups in total. The van der Waals surface area contributed by atoms with Crippen molar-refractivity contribution in [2.45, 2.75) is 19.9 Å². The summed E-state index contributed by atoms with van der Waals surface area (Å²) in [6.07, 6.45) is 4.33. The van der Waals surface area contributed by atoms with Crippen LogP contribution in [0.1, 0.15) is 34.5 Å². The van der Waals surface area contributed by atoms with E-state index in [-0.39, 0.29) is 26.4 Å². The summed E-state index contributed by atoms with van der Waals surface area (Å²) < 4.78 is 0. The van der Waals surface area contributed by atoms with Crippen LogP contribution in [0.4, 0.5) is 5.69 Å². The monoisotopic (exact) mass is 516 g/mol. The van der Waals surface area contributed by atoms with E-state index >= 15 is 0 Å². The summed E-state index contributed by atoms with van der Waals surface area (Å²) in [5.74, 6) is 4.62. The van der Waals surface area contributed by atoms with Gasteiger partial charge in [0.2, 0.25) is 5.91 Å². The molecular formula is C28H32N6O4. The van der Waals surface area contributed by atoms with Crippen LogP contribution in [0.5, 0.6) is 0 Å². The maximum Gasteiger partial charge on any atom is 0.267 e. The Kier molecular flexibility index (Phi) is 12.1. The number of benzene rings is 2. The average molecular weight is 517 g/mol. The van der Waals surface area contributed by atoms with Gasteiger partial charge in [-0.15, -0.1) is 0 Å². The minimum Gasteiger partial charge on any atom is -0.339 e. The van der Waals surface area contributed by atoms with E-state index in [1.54, 1.807) is 54.7 Å². The number of hydrogen-bond donors (Lipinski definition) is 6. The number of amides is 3. The fourth-order valence-electron chi connectivity index (χ4n) is 3.22. The number of carbonyl (C=O) groups is 3. The molecule has 1 atom stereocenters. The number of pyridine rings is 1. The molecule has 10 nitrogen and oxygen atoms in total. The average Bonchev–Trinajstić information content (AvgIpc) is 2.94. The van der Waals surface area contributed by atoms with Crippen molar-refractivity contribution in [1.29, 1.82) is 0 Å². The molecule has 3 amide bonds. The van der Waals surface area contributed by atoms with E-state index in [0.717, 1.165) is 17.5 Å². The highest BCUT2D eigenvalue weighted by molar-refractivity contribution is 5.97. The third-order valence-corrected chi connectivity index (χ3v) is 5.23. The second kappa shape index (κ2) is 15.5. The van der Waals surface area contributed by atoms with Crippen molar-refractivity contribution in [2.75, 3.05) is 25.0 Å². The van der Waals surface area contributed by atoms with Crippen LogP contribution in [0.15, 0.2) is 73.1 Å². The van der Waals surface area contributed by atoms with Gasteiger partial charge in [-0.25, -0.2) is 5.48 Å². The van der Waals surface area contributed by atoms with Crippen LogP contribution >= 0.6 is 0 Å². The quantitative estimate of drug-likeness (QED) is 0.103. The largest absolute Gasteiger partial charge is 0.339 e. The molecule has 0 fully saturated rings. The Balaban J connectivity index is 0.00000507. The predicted molar refractivity (Wildman–Crippen MR) is 145 cm³/mol. The lowest BCUT2D eigenvalue weighted by atomic mass is 10.1. The third-order valence-electron chi connectivity index (χ3n) is 5.23. The fourth-order valence-corrected chi connectivity index (χ4v) is 3.22. The first-order valence-electron chi connectivity index (χ1n) is 11.5. The Bertz CT molecular complexity index is 1250. The van der Waals surface area contributed by atoms with E-state index in [0.29, 0.717) is 23.4 Å². The summed E-state index contributed by atoms with van der Waals surface area (Å²) in [7, 11) is 0. The lowest BCUT2D eigenvalue weighted by Gasteiger charge is -2.14. The molecule has 0 aliphatic carbocycles. The molecule has 0 bridgehead atoms. The molecule has 0 unspecified atom stereocenters. The van der Waals surface area contributed by atoms with Gasteiger partial charge in [-0.3, -0.25) is 24.6 Å². The number of nitrogens with one attached hydrogen (secondary N) is 4. The number of anilines is 1. The lowest BCUT2D eigenvalue weighted by Crippen LogP contribution is -2.50. The first-order chi connectivity index (χ1) is 18.0. The highest BCUT2D eigenvalue weighted by Crippen LogP contribution is 2.09. The van der Waals surface area contributed by atoms with Crippen LogP contribution in [0.2, 0.25) is 0 Å². The number of aromatic nitrogens is 1. The van der Waals surface area contributed by atoms with Gasteiger partial charge in [-0.05, 0) is 73.1 Å². The molecule has 0 aliphatic heterocycles. The van der Waals surface area contributed by atoms with Gasteiger partial charge in [-0.2, -0.15) is 0 Å². The van der Waals surface area contributed by atoms with Gasteiger partial charge in [0, 0.05) is 41.3 Å². The third kappa shape index (κ3) is 9.48. The first-order valence-corrected chi connectivity index (χ1v) is 11.5. The van der Waals surface area contributed by atoms with Crippen molar-refractivity contribution < 1.29 is 19.6 Å². The highest BCUT2D eigenvalue weighted by Gasteiger charge is 2.19. The second-order valence-corrected chi connectivity index (χ2v) is 7.98. The summed E-state index contributed by atoms with van der Waals surface area (Å²) >= 11 is 0. The number of nitrogens with zero attached hydrogens (tertiary/aromatic N) is 1. The van der Waals surface area contributed by atoms with Crippen molar-refractivity contribution in [2.24, 2.45) is 5.73 Å². The maximum absolute atomic E-state index is 12.3. The molecule has 0 saturated heterocycles. The molecule has 2 aromatic carbocycles. The maximum atomic E-state index is 12.3. The molecule has 3 aromatic rings. The molecule has 0 radical (unpaired) electrons. The second-order valence-electron chi connectivity index (χ2n) is 7.98. The normalized spacial score (nSPS) is 10.7. The van der Waals surface area contributed by atoms with Gasteiger partial charge >= 0.3 is 0 Å². The van der Waals surface area contributed by atoms with Crippen molar-refractivity contribution in [3.63, 3.8) is 0 Å². The molecule has 10 heteroatoms. The zero-order chi connectivity index (χ0) is 26.5. The van der Waals surface area contributed by atoms with Gasteiger partial charge in [-0.1, -0.05) is 25.3 Å². The summed E-state index contributed by atoms with van der Waals surface area (Å²) in [5.41, 5.74) is 10.5. The summed E-state index contributed by atoms with van der Waals surface area (Å²) in [4.78, 5) is 39.9. The summed E-state index contributed by atoms with van der Waals surface area (Å²) in [6, 6.07) is 16.5. The number of rotatable bonds is 10. The van der Waals surface area contributed by atoms with E-state index in [4.69, 9.17) is 10.9 Å². The van der Waals surface area contributed by atoms with Gasteiger partial charge in [0.25, 0.3) is 11.8 Å². The molecular weight excluding hydrogens is 484 g/mol. The topological polar surface area (TPSA) is 158 Å². The van der Waals surface area contributed by atoms with Crippen LogP contribution < -0.4 is 27.2 Å². The SMILES string of the molecule is C.NC[C@H](NC(=O)c1ccc(C#Cc2ccc(NC(=O)CNCCc3cccnc3)cc2)cc1)C(=O)NO. The van der Waals surface area contributed by atoms with Crippen molar-refractivity contribution in [3.8, 4) is 11.8 Å². The molecule has 1 aromatic heterocycles. The zero-order valence-corrected chi connectivity index (χ0v) is 20.0.